The molecule has 8 nitrogen and oxygen atoms in total. The molecule has 0 bridgehead atoms. The molecule has 12 heteroatoms. The molecule has 0 amide bonds. The summed E-state index contributed by atoms with van der Waals surface area (Å²) in [6.07, 6.45) is 5.44. The monoisotopic (exact) mass is 485 g/mol. The number of aromatic nitrogens is 2. The van der Waals surface area contributed by atoms with Gasteiger partial charge < -0.3 is 15.8 Å². The predicted molar refractivity (Wildman–Crippen MR) is 122 cm³/mol. The third-order valence-corrected chi connectivity index (χ3v) is 7.40. The molecule has 32 heavy (non-hydrogen) atoms. The van der Waals surface area contributed by atoms with Crippen molar-refractivity contribution in [2.45, 2.75) is 37.8 Å². The normalized spacial score (nSPS) is 19.1. The van der Waals surface area contributed by atoms with Gasteiger partial charge >= 0.3 is 0 Å². The van der Waals surface area contributed by atoms with E-state index in [9.17, 15) is 17.2 Å². The van der Waals surface area contributed by atoms with Crippen LogP contribution in [0.3, 0.4) is 0 Å². The van der Waals surface area contributed by atoms with Crippen LogP contribution >= 0.6 is 12.2 Å². The molecule has 1 aliphatic carbocycles. The topological polar surface area (TPSA) is 110 Å². The fourth-order valence-electron chi connectivity index (χ4n) is 3.73. The van der Waals surface area contributed by atoms with Gasteiger partial charge in [-0.05, 0) is 37.8 Å². The Morgan fingerprint density at radius 3 is 2.50 bits per heavy atom. The number of thiocarbonyl (C=S) groups is 1. The van der Waals surface area contributed by atoms with Crippen LogP contribution in [0, 0.1) is 11.6 Å². The predicted octanol–water partition coefficient (Wildman–Crippen LogP) is 2.73. The molecule has 2 aromatic rings. The molecular weight excluding hydrogens is 460 g/mol. The number of hydrogen-bond acceptors (Lipinski definition) is 8. The number of nitrogen functional groups attached to an aromatic ring is 1. The second-order valence-electron chi connectivity index (χ2n) is 7.69. The first-order valence-electron chi connectivity index (χ1n) is 9.91. The maximum Gasteiger partial charge on any atom is 0.224 e. The number of nitrogens with two attached hydrogens (primary N) is 1. The zero-order valence-electron chi connectivity index (χ0n) is 17.9. The maximum atomic E-state index is 14.4. The van der Waals surface area contributed by atoms with E-state index in [1.807, 2.05) is 0 Å². The Hall–Kier alpha value is -2.44. The fraction of sp³-hybridized carbons (Fsp3) is 0.450. The van der Waals surface area contributed by atoms with Crippen LogP contribution in [0.5, 0.6) is 5.75 Å². The van der Waals surface area contributed by atoms with Gasteiger partial charge in [-0.2, -0.15) is 4.98 Å². The van der Waals surface area contributed by atoms with Gasteiger partial charge in [-0.15, -0.1) is 0 Å². The van der Waals surface area contributed by atoms with Crippen molar-refractivity contribution in [1.82, 2.24) is 14.3 Å². The van der Waals surface area contributed by atoms with E-state index in [4.69, 9.17) is 22.7 Å². The van der Waals surface area contributed by atoms with Crippen LogP contribution in [-0.4, -0.2) is 60.1 Å². The van der Waals surface area contributed by atoms with E-state index < -0.39 is 21.7 Å². The molecule has 3 N–H and O–H groups in total. The lowest BCUT2D eigenvalue weighted by Gasteiger charge is -2.33. The Morgan fingerprint density at radius 2 is 1.94 bits per heavy atom. The molecular formula is C20H25F2N5O3S2. The van der Waals surface area contributed by atoms with Crippen molar-refractivity contribution in [3.8, 4) is 5.75 Å². The molecule has 1 aliphatic rings. The molecule has 0 aliphatic heterocycles. The van der Waals surface area contributed by atoms with Crippen LogP contribution in [0.4, 0.5) is 20.5 Å². The Morgan fingerprint density at radius 1 is 1.28 bits per heavy atom. The first-order chi connectivity index (χ1) is 15.0. The van der Waals surface area contributed by atoms with Crippen molar-refractivity contribution in [3.05, 3.63) is 41.1 Å². The third kappa shape index (κ3) is 5.13. The highest BCUT2D eigenvalue weighted by Crippen LogP contribution is 2.29. The molecule has 1 saturated carbocycles. The number of nitrogens with one attached hydrogen (secondary N) is 1. The number of hydrogen-bond donors (Lipinski definition) is 2. The Bertz CT molecular complexity index is 1120. The molecule has 1 heterocycles. The molecule has 0 atom stereocenters. The Kier molecular flexibility index (Phi) is 7.25. The summed E-state index contributed by atoms with van der Waals surface area (Å²) < 4.78 is 58.1. The van der Waals surface area contributed by atoms with Gasteiger partial charge in [-0.3, -0.25) is 0 Å². The maximum absolute atomic E-state index is 14.4. The van der Waals surface area contributed by atoms with Crippen molar-refractivity contribution < 1.29 is 21.9 Å². The largest absolute Gasteiger partial charge is 0.496 e. The van der Waals surface area contributed by atoms with Gasteiger partial charge in [-0.25, -0.2) is 26.5 Å². The number of nitrogens with zero attached hydrogens (tertiary/aromatic N) is 3. The number of halogens is 2. The molecule has 0 radical (unpaired) electrons. The van der Waals surface area contributed by atoms with E-state index in [-0.39, 0.29) is 45.6 Å². The summed E-state index contributed by atoms with van der Waals surface area (Å²) in [4.78, 5) is 8.38. The van der Waals surface area contributed by atoms with Gasteiger partial charge in [-0.1, -0.05) is 12.2 Å². The summed E-state index contributed by atoms with van der Waals surface area (Å²) in [5.41, 5.74) is 6.02. The Labute approximate surface area is 191 Å². The molecule has 174 valence electrons. The van der Waals surface area contributed by atoms with Gasteiger partial charge in [0.05, 0.1) is 29.4 Å². The van der Waals surface area contributed by atoms with Gasteiger partial charge in [0.2, 0.25) is 16.0 Å². The minimum atomic E-state index is -3.23. The first-order valence-corrected chi connectivity index (χ1v) is 12.2. The molecule has 1 aromatic carbocycles. The van der Waals surface area contributed by atoms with Gasteiger partial charge in [0.15, 0.2) is 11.6 Å². The highest BCUT2D eigenvalue weighted by atomic mass is 32.2. The smallest absolute Gasteiger partial charge is 0.224 e. The van der Waals surface area contributed by atoms with Crippen molar-refractivity contribution in [3.63, 3.8) is 0 Å². The van der Waals surface area contributed by atoms with Crippen LogP contribution < -0.4 is 15.8 Å². The number of ether oxygens (including phenoxy) is 1. The van der Waals surface area contributed by atoms with Crippen LogP contribution in [0.25, 0.3) is 0 Å². The van der Waals surface area contributed by atoms with E-state index in [1.165, 1.54) is 29.9 Å². The van der Waals surface area contributed by atoms with Gasteiger partial charge in [0, 0.05) is 25.3 Å². The van der Waals surface area contributed by atoms with Gasteiger partial charge in [0.1, 0.15) is 11.6 Å². The number of benzene rings is 1. The zero-order chi connectivity index (χ0) is 23.6. The van der Waals surface area contributed by atoms with E-state index in [2.05, 4.69) is 15.3 Å². The highest BCUT2D eigenvalue weighted by Gasteiger charge is 2.29. The molecule has 1 fully saturated rings. The van der Waals surface area contributed by atoms with Crippen molar-refractivity contribution in [1.29, 1.82) is 0 Å². The van der Waals surface area contributed by atoms with Crippen molar-refractivity contribution in [2.75, 3.05) is 31.5 Å². The third-order valence-electron chi connectivity index (χ3n) is 5.63. The number of methoxy groups -OCH3 is 1. The van der Waals surface area contributed by atoms with E-state index in [0.717, 1.165) is 18.9 Å². The first kappa shape index (κ1) is 24.2. The second-order valence-corrected chi connectivity index (χ2v) is 10.1. The minimum absolute atomic E-state index is 0.0173. The molecule has 3 rings (SSSR count). The van der Waals surface area contributed by atoms with Crippen molar-refractivity contribution >= 4 is 38.9 Å². The van der Waals surface area contributed by atoms with E-state index >= 15 is 0 Å². The summed E-state index contributed by atoms with van der Waals surface area (Å²) in [5.74, 6) is -1.82. The van der Waals surface area contributed by atoms with E-state index in [0.29, 0.717) is 12.8 Å². The minimum Gasteiger partial charge on any atom is -0.496 e. The quantitative estimate of drug-likeness (QED) is 0.455. The van der Waals surface area contributed by atoms with Crippen LogP contribution in [0.15, 0.2) is 18.3 Å². The lowest BCUT2D eigenvalue weighted by atomic mass is 9.91. The molecule has 0 unspecified atom stereocenters. The lowest BCUT2D eigenvalue weighted by Crippen LogP contribution is -2.41. The van der Waals surface area contributed by atoms with Gasteiger partial charge in [0.25, 0.3) is 0 Å². The zero-order valence-corrected chi connectivity index (χ0v) is 19.6. The molecule has 1 aromatic heterocycles. The second kappa shape index (κ2) is 9.59. The fourth-order valence-corrected chi connectivity index (χ4v) is 4.83. The number of rotatable bonds is 7. The summed E-state index contributed by atoms with van der Waals surface area (Å²) in [6, 6.07) is 2.25. The average Bonchev–Trinajstić information content (AvgIpc) is 2.74. The molecule has 0 spiro atoms. The van der Waals surface area contributed by atoms with Crippen LogP contribution in [0.2, 0.25) is 0 Å². The molecule has 0 saturated heterocycles. The average molecular weight is 486 g/mol. The number of anilines is 2. The summed E-state index contributed by atoms with van der Waals surface area (Å²) in [7, 11) is -0.310. The van der Waals surface area contributed by atoms with Crippen LogP contribution in [-0.2, 0) is 10.0 Å². The lowest BCUT2D eigenvalue weighted by molar-refractivity contribution is 0.276. The number of sulfonamides is 1. The standard InChI is InChI=1S/C20H25F2N5O3S2/c1-27(32(3,28)29)12-6-4-11(5-7-12)25-20-24-10-13(19(23)26-20)18(31)16-15(30-2)9-8-14(21)17(16)22/h8-12H,4-7H2,1-3H3,(H3,23,24,25,26)/t11-,12-. The SMILES string of the molecule is COc1ccc(F)c(F)c1C(=S)c1cnc(N[C@H]2CC[C@H](N(C)S(C)(=O)=O)CC2)nc1N. The summed E-state index contributed by atoms with van der Waals surface area (Å²) in [6.45, 7) is 0. The van der Waals surface area contributed by atoms with Crippen LogP contribution in [0.1, 0.15) is 36.8 Å². The highest BCUT2D eigenvalue weighted by molar-refractivity contribution is 7.88. The summed E-state index contributed by atoms with van der Waals surface area (Å²) in [5, 5.41) is 3.20. The van der Waals surface area contributed by atoms with Crippen molar-refractivity contribution in [2.24, 2.45) is 0 Å². The Balaban J connectivity index is 1.72. The summed E-state index contributed by atoms with van der Waals surface area (Å²) >= 11 is 5.33. The van der Waals surface area contributed by atoms with E-state index in [1.54, 1.807) is 7.05 Å².